The number of unbranched alkanes of at least 4 members (excludes halogenated alkanes) is 2. The first-order chi connectivity index (χ1) is 8.69. The molecule has 0 aliphatic rings. The topological polar surface area (TPSA) is 46.3 Å². The highest BCUT2D eigenvalue weighted by Crippen LogP contribution is 2.11. The van der Waals surface area contributed by atoms with Crippen LogP contribution in [0.2, 0.25) is 0 Å². The first-order valence-corrected chi connectivity index (χ1v) is 6.83. The summed E-state index contributed by atoms with van der Waals surface area (Å²) in [5.41, 5.74) is 7.07. The van der Waals surface area contributed by atoms with Crippen LogP contribution in [0.3, 0.4) is 0 Å². The quantitative estimate of drug-likeness (QED) is 0.752. The lowest BCUT2D eigenvalue weighted by Gasteiger charge is -2.22. The number of carbonyl (C=O) groups excluding carboxylic acids is 1. The molecule has 0 aliphatic carbocycles. The Morgan fingerprint density at radius 3 is 2.28 bits per heavy atom. The van der Waals surface area contributed by atoms with Gasteiger partial charge in [-0.15, -0.1) is 0 Å². The standard InChI is InChI=1S/C15H24N2O/c1-3-5-10-17(11-6-4-2)15(18)13-8-7-9-14(16)12-13/h7-9,12H,3-6,10-11,16H2,1-2H3. The van der Waals surface area contributed by atoms with Gasteiger partial charge >= 0.3 is 0 Å². The summed E-state index contributed by atoms with van der Waals surface area (Å²) in [6.07, 6.45) is 4.31. The molecule has 0 heterocycles. The van der Waals surface area contributed by atoms with Crippen molar-refractivity contribution in [1.29, 1.82) is 0 Å². The highest BCUT2D eigenvalue weighted by molar-refractivity contribution is 5.95. The van der Waals surface area contributed by atoms with E-state index >= 15 is 0 Å². The smallest absolute Gasteiger partial charge is 0.253 e. The Morgan fingerprint density at radius 2 is 1.78 bits per heavy atom. The first kappa shape index (κ1) is 14.6. The Labute approximate surface area is 110 Å². The van der Waals surface area contributed by atoms with Gasteiger partial charge in [0.25, 0.3) is 5.91 Å². The maximum absolute atomic E-state index is 12.4. The third-order valence-electron chi connectivity index (χ3n) is 2.98. The number of anilines is 1. The molecule has 100 valence electrons. The molecule has 2 N–H and O–H groups in total. The lowest BCUT2D eigenvalue weighted by atomic mass is 10.1. The van der Waals surface area contributed by atoms with Crippen molar-refractivity contribution < 1.29 is 4.79 Å². The zero-order valence-corrected chi connectivity index (χ0v) is 11.5. The maximum Gasteiger partial charge on any atom is 0.253 e. The first-order valence-electron chi connectivity index (χ1n) is 6.83. The second-order valence-electron chi connectivity index (χ2n) is 4.62. The SMILES string of the molecule is CCCCN(CCCC)C(=O)c1cccc(N)c1. The van der Waals surface area contributed by atoms with Gasteiger partial charge in [0.1, 0.15) is 0 Å². The third kappa shape index (κ3) is 4.40. The zero-order valence-electron chi connectivity index (χ0n) is 11.5. The number of nitrogen functional groups attached to an aromatic ring is 1. The minimum atomic E-state index is 0.101. The number of benzene rings is 1. The van der Waals surface area contributed by atoms with E-state index in [-0.39, 0.29) is 5.91 Å². The zero-order chi connectivity index (χ0) is 13.4. The van der Waals surface area contributed by atoms with Gasteiger partial charge < -0.3 is 10.6 Å². The molecule has 1 aromatic carbocycles. The molecule has 0 fully saturated rings. The van der Waals surface area contributed by atoms with Crippen LogP contribution >= 0.6 is 0 Å². The molecule has 0 saturated carbocycles. The van der Waals surface area contributed by atoms with Crippen molar-refractivity contribution in [3.8, 4) is 0 Å². The van der Waals surface area contributed by atoms with Crippen molar-refractivity contribution in [2.24, 2.45) is 0 Å². The second kappa shape index (κ2) is 7.75. The van der Waals surface area contributed by atoms with Crippen LogP contribution in [0.4, 0.5) is 5.69 Å². The van der Waals surface area contributed by atoms with E-state index in [1.54, 1.807) is 12.1 Å². The van der Waals surface area contributed by atoms with Gasteiger partial charge in [-0.1, -0.05) is 32.8 Å². The van der Waals surface area contributed by atoms with E-state index in [1.807, 2.05) is 17.0 Å². The van der Waals surface area contributed by atoms with Crippen molar-refractivity contribution in [2.75, 3.05) is 18.8 Å². The van der Waals surface area contributed by atoms with Crippen LogP contribution in [0.5, 0.6) is 0 Å². The van der Waals surface area contributed by atoms with Crippen LogP contribution in [-0.4, -0.2) is 23.9 Å². The predicted octanol–water partition coefficient (Wildman–Crippen LogP) is 3.31. The molecule has 0 saturated heterocycles. The normalized spacial score (nSPS) is 10.3. The van der Waals surface area contributed by atoms with Gasteiger partial charge in [-0.2, -0.15) is 0 Å². The third-order valence-corrected chi connectivity index (χ3v) is 2.98. The molecule has 18 heavy (non-hydrogen) atoms. The van der Waals surface area contributed by atoms with E-state index < -0.39 is 0 Å². The molecule has 0 unspecified atom stereocenters. The van der Waals surface area contributed by atoms with E-state index in [2.05, 4.69) is 13.8 Å². The Morgan fingerprint density at radius 1 is 1.17 bits per heavy atom. The number of hydrogen-bond acceptors (Lipinski definition) is 2. The lowest BCUT2D eigenvalue weighted by Crippen LogP contribution is -2.33. The summed E-state index contributed by atoms with van der Waals surface area (Å²) >= 11 is 0. The van der Waals surface area contributed by atoms with E-state index in [1.165, 1.54) is 0 Å². The van der Waals surface area contributed by atoms with Crippen molar-refractivity contribution in [1.82, 2.24) is 4.90 Å². The molecule has 1 rings (SSSR count). The summed E-state index contributed by atoms with van der Waals surface area (Å²) in [6.45, 7) is 5.96. The van der Waals surface area contributed by atoms with Crippen LogP contribution in [0.25, 0.3) is 0 Å². The minimum Gasteiger partial charge on any atom is -0.399 e. The number of nitrogens with zero attached hydrogens (tertiary/aromatic N) is 1. The summed E-state index contributed by atoms with van der Waals surface area (Å²) in [5, 5.41) is 0. The highest BCUT2D eigenvalue weighted by atomic mass is 16.2. The van der Waals surface area contributed by atoms with Crippen molar-refractivity contribution in [3.05, 3.63) is 29.8 Å². The molecule has 1 aromatic rings. The molecular formula is C15H24N2O. The Bertz CT molecular complexity index is 369. The molecule has 0 atom stereocenters. The van der Waals surface area contributed by atoms with E-state index in [0.29, 0.717) is 11.3 Å². The van der Waals surface area contributed by atoms with Gasteiger partial charge in [-0.05, 0) is 31.0 Å². The van der Waals surface area contributed by atoms with Gasteiger partial charge in [0.2, 0.25) is 0 Å². The minimum absolute atomic E-state index is 0.101. The molecule has 0 spiro atoms. The van der Waals surface area contributed by atoms with Crippen LogP contribution in [-0.2, 0) is 0 Å². The Balaban J connectivity index is 2.73. The molecule has 1 amide bonds. The summed E-state index contributed by atoms with van der Waals surface area (Å²) < 4.78 is 0. The van der Waals surface area contributed by atoms with E-state index in [4.69, 9.17) is 5.73 Å². The fourth-order valence-electron chi connectivity index (χ4n) is 1.87. The highest BCUT2D eigenvalue weighted by Gasteiger charge is 2.14. The van der Waals surface area contributed by atoms with E-state index in [0.717, 1.165) is 38.8 Å². The fraction of sp³-hybridized carbons (Fsp3) is 0.533. The maximum atomic E-state index is 12.4. The van der Waals surface area contributed by atoms with Gasteiger partial charge in [-0.25, -0.2) is 0 Å². The van der Waals surface area contributed by atoms with Crippen LogP contribution in [0.15, 0.2) is 24.3 Å². The summed E-state index contributed by atoms with van der Waals surface area (Å²) in [6, 6.07) is 7.23. The Kier molecular flexibility index (Phi) is 6.26. The predicted molar refractivity (Wildman–Crippen MR) is 76.6 cm³/mol. The van der Waals surface area contributed by atoms with E-state index in [9.17, 15) is 4.79 Å². The van der Waals surface area contributed by atoms with Gasteiger partial charge in [0.05, 0.1) is 0 Å². The van der Waals surface area contributed by atoms with Crippen molar-refractivity contribution in [3.63, 3.8) is 0 Å². The number of carbonyl (C=O) groups is 1. The van der Waals surface area contributed by atoms with Gasteiger partial charge in [0, 0.05) is 24.3 Å². The number of rotatable bonds is 7. The molecule has 0 aromatic heterocycles. The van der Waals surface area contributed by atoms with Crippen molar-refractivity contribution >= 4 is 11.6 Å². The summed E-state index contributed by atoms with van der Waals surface area (Å²) in [5.74, 6) is 0.101. The summed E-state index contributed by atoms with van der Waals surface area (Å²) in [7, 11) is 0. The molecule has 3 heteroatoms. The fourth-order valence-corrected chi connectivity index (χ4v) is 1.87. The number of nitrogens with two attached hydrogens (primary N) is 1. The molecular weight excluding hydrogens is 224 g/mol. The van der Waals surface area contributed by atoms with Crippen LogP contribution in [0, 0.1) is 0 Å². The van der Waals surface area contributed by atoms with Gasteiger partial charge in [-0.3, -0.25) is 4.79 Å². The van der Waals surface area contributed by atoms with Crippen LogP contribution < -0.4 is 5.73 Å². The van der Waals surface area contributed by atoms with Crippen molar-refractivity contribution in [2.45, 2.75) is 39.5 Å². The lowest BCUT2D eigenvalue weighted by molar-refractivity contribution is 0.0751. The average Bonchev–Trinajstić information content (AvgIpc) is 2.38. The number of amides is 1. The Hall–Kier alpha value is -1.51. The van der Waals surface area contributed by atoms with Gasteiger partial charge in [0.15, 0.2) is 0 Å². The van der Waals surface area contributed by atoms with Crippen LogP contribution in [0.1, 0.15) is 49.9 Å². The molecule has 3 nitrogen and oxygen atoms in total. The summed E-state index contributed by atoms with van der Waals surface area (Å²) in [4.78, 5) is 14.3. The largest absolute Gasteiger partial charge is 0.399 e. The molecule has 0 bridgehead atoms. The second-order valence-corrected chi connectivity index (χ2v) is 4.62. The number of hydrogen-bond donors (Lipinski definition) is 1. The monoisotopic (exact) mass is 248 g/mol. The molecule has 0 radical (unpaired) electrons. The average molecular weight is 248 g/mol. The molecule has 0 aliphatic heterocycles.